The van der Waals surface area contributed by atoms with Gasteiger partial charge in [-0.2, -0.15) is 11.8 Å². The number of hydrogen-bond acceptors (Lipinski definition) is 12. The van der Waals surface area contributed by atoms with Gasteiger partial charge < -0.3 is 58.7 Å². The molecule has 0 aromatic heterocycles. The third-order valence-electron chi connectivity index (χ3n) is 10.4. The highest BCUT2D eigenvalue weighted by atomic mass is 32.2. The van der Waals surface area contributed by atoms with E-state index < -0.39 is 138 Å². The Kier molecular flexibility index (Phi) is 23.6. The molecule has 1 rings (SSSR count). The minimum atomic E-state index is -1.28. The van der Waals surface area contributed by atoms with Crippen LogP contribution in [0.2, 0.25) is 0 Å². The summed E-state index contributed by atoms with van der Waals surface area (Å²) in [5, 5.41) is 27.5. The van der Waals surface area contributed by atoms with Crippen molar-refractivity contribution < 1.29 is 53.1 Å². The number of likely N-dealkylation sites (tertiary alicyclic amines) is 1. The highest BCUT2D eigenvalue weighted by Gasteiger charge is 2.41. The van der Waals surface area contributed by atoms with Crippen molar-refractivity contribution in [3.8, 4) is 0 Å². The Morgan fingerprint density at radius 2 is 1.13 bits per heavy atom. The van der Waals surface area contributed by atoms with Crippen LogP contribution in [-0.2, 0) is 47.9 Å². The van der Waals surface area contributed by atoms with Gasteiger partial charge in [0.15, 0.2) is 0 Å². The van der Waals surface area contributed by atoms with Crippen LogP contribution in [0.3, 0.4) is 0 Å². The van der Waals surface area contributed by atoms with Crippen LogP contribution in [0, 0.1) is 23.7 Å². The Labute approximate surface area is 374 Å². The molecule has 358 valence electrons. The quantitative estimate of drug-likeness (QED) is 0.0472. The van der Waals surface area contributed by atoms with E-state index in [2.05, 4.69) is 37.2 Å². The van der Waals surface area contributed by atoms with E-state index in [4.69, 9.17) is 11.5 Å². The van der Waals surface area contributed by atoms with Crippen LogP contribution in [0.15, 0.2) is 0 Å². The summed E-state index contributed by atoms with van der Waals surface area (Å²) in [7, 11) is 0. The molecule has 63 heavy (non-hydrogen) atoms. The van der Waals surface area contributed by atoms with E-state index >= 15 is 0 Å². The van der Waals surface area contributed by atoms with Crippen LogP contribution in [0.5, 0.6) is 0 Å². The number of carbonyl (C=O) groups is 10. The number of thioether (sulfide) groups is 1. The summed E-state index contributed by atoms with van der Waals surface area (Å²) in [5.41, 5.74) is 11.0. The number of primary amides is 1. The zero-order chi connectivity index (χ0) is 48.5. The Morgan fingerprint density at radius 3 is 1.62 bits per heavy atom. The lowest BCUT2D eigenvalue weighted by molar-refractivity contribution is -0.143. The first kappa shape index (κ1) is 56.0. The third-order valence-corrected chi connectivity index (χ3v) is 11.0. The van der Waals surface area contributed by atoms with Crippen molar-refractivity contribution in [3.05, 3.63) is 0 Å². The van der Waals surface area contributed by atoms with Crippen LogP contribution in [0.25, 0.3) is 0 Å². The van der Waals surface area contributed by atoms with Crippen LogP contribution in [0.1, 0.15) is 101 Å². The predicted molar refractivity (Wildman–Crippen MR) is 236 cm³/mol. The molecule has 1 aliphatic heterocycles. The van der Waals surface area contributed by atoms with Crippen LogP contribution in [-0.4, -0.2) is 142 Å². The fraction of sp³-hybridized carbons (Fsp3) is 0.756. The van der Waals surface area contributed by atoms with Gasteiger partial charge in [0, 0.05) is 6.54 Å². The third kappa shape index (κ3) is 18.3. The monoisotopic (exact) mass is 913 g/mol. The van der Waals surface area contributed by atoms with E-state index in [0.29, 0.717) is 12.2 Å². The van der Waals surface area contributed by atoms with Crippen molar-refractivity contribution in [2.24, 2.45) is 35.1 Å². The number of nitrogens with two attached hydrogens (primary N) is 2. The standard InChI is InChI=1S/C41H72N10O11S/c1-19(2)17-27(47-35(55)25(42)18-29(43)52)37(57)49-31(21(5)6)40(60)51-15-12-13-28(51)38(58)46-26(14-16-63-11)36(56)48-30(20(3)4)39(59)45-23(9)33(53)44-24(10)34(54)50-32(22(7)8)41(61)62/h19-28,30-32H,12-18,42H2,1-11H3,(H2,43,52)(H,44,53)(H,45,59)(H,46,58)(H,47,55)(H,48,56)(H,49,57)(H,50,54)(H,61,62)/t23-,24-,25-,26-,27-,28-,30-,31-,32-/m0/s1. The number of aliphatic carboxylic acids is 1. The van der Waals surface area contributed by atoms with E-state index in [1.807, 2.05) is 20.1 Å². The molecule has 22 heteroatoms. The maximum atomic E-state index is 14.1. The van der Waals surface area contributed by atoms with Crippen molar-refractivity contribution in [3.63, 3.8) is 0 Å². The van der Waals surface area contributed by atoms with Gasteiger partial charge in [-0.1, -0.05) is 55.4 Å². The smallest absolute Gasteiger partial charge is 0.326 e. The molecule has 0 aromatic carbocycles. The van der Waals surface area contributed by atoms with Gasteiger partial charge in [-0.25, -0.2) is 4.79 Å². The van der Waals surface area contributed by atoms with Crippen molar-refractivity contribution in [2.45, 2.75) is 156 Å². The average molecular weight is 913 g/mol. The Morgan fingerprint density at radius 1 is 0.635 bits per heavy atom. The van der Waals surface area contributed by atoms with Gasteiger partial charge >= 0.3 is 5.97 Å². The van der Waals surface area contributed by atoms with Crippen molar-refractivity contribution in [1.29, 1.82) is 0 Å². The van der Waals surface area contributed by atoms with Crippen LogP contribution in [0.4, 0.5) is 0 Å². The molecular formula is C41H72N10O11S. The molecule has 0 saturated carbocycles. The molecule has 21 nitrogen and oxygen atoms in total. The van der Waals surface area contributed by atoms with Crippen LogP contribution >= 0.6 is 11.8 Å². The van der Waals surface area contributed by atoms with E-state index in [9.17, 15) is 53.1 Å². The van der Waals surface area contributed by atoms with Gasteiger partial charge in [-0.3, -0.25) is 43.2 Å². The van der Waals surface area contributed by atoms with E-state index in [0.717, 1.165) is 0 Å². The first-order valence-electron chi connectivity index (χ1n) is 21.4. The molecule has 1 aliphatic rings. The van der Waals surface area contributed by atoms with Gasteiger partial charge in [-0.15, -0.1) is 0 Å². The summed E-state index contributed by atoms with van der Waals surface area (Å²) in [6, 6.07) is -10.2. The number of amides is 9. The zero-order valence-corrected chi connectivity index (χ0v) is 39.3. The second kappa shape index (κ2) is 26.6. The normalized spacial score (nSPS) is 17.7. The molecule has 1 fully saturated rings. The second-order valence-electron chi connectivity index (χ2n) is 17.5. The summed E-state index contributed by atoms with van der Waals surface area (Å²) in [6.45, 7) is 16.6. The largest absolute Gasteiger partial charge is 0.480 e. The number of hydrogen-bond donors (Lipinski definition) is 10. The molecule has 0 aromatic rings. The fourth-order valence-electron chi connectivity index (χ4n) is 6.67. The highest BCUT2D eigenvalue weighted by Crippen LogP contribution is 2.22. The minimum absolute atomic E-state index is 0.0629. The summed E-state index contributed by atoms with van der Waals surface area (Å²) in [5.74, 6) is -8.41. The number of nitrogens with zero attached hydrogens (tertiary/aromatic N) is 1. The maximum Gasteiger partial charge on any atom is 0.326 e. The molecular weight excluding hydrogens is 841 g/mol. The average Bonchev–Trinajstić information content (AvgIpc) is 3.68. The van der Waals surface area contributed by atoms with Gasteiger partial charge in [0.1, 0.15) is 48.3 Å². The van der Waals surface area contributed by atoms with E-state index in [-0.39, 0.29) is 31.7 Å². The summed E-state index contributed by atoms with van der Waals surface area (Å²) in [6.07, 6.45) is 2.48. The number of nitrogens with one attached hydrogen (secondary N) is 7. The first-order chi connectivity index (χ1) is 29.2. The molecule has 0 bridgehead atoms. The van der Waals surface area contributed by atoms with Crippen molar-refractivity contribution in [2.75, 3.05) is 18.6 Å². The van der Waals surface area contributed by atoms with E-state index in [1.54, 1.807) is 41.5 Å². The SMILES string of the molecule is CSCC[C@H](NC(=O)[C@@H]1CCCN1C(=O)[C@@H](NC(=O)[C@H](CC(C)C)NC(=O)[C@@H](N)CC(N)=O)C(C)C)C(=O)N[C@H](C(=O)N[C@@H](C)C(=O)N[C@@H](C)C(=O)N[C@H](C(=O)O)C(C)C)C(C)C. The molecule has 1 heterocycles. The second-order valence-corrected chi connectivity index (χ2v) is 18.5. The molecule has 12 N–H and O–H groups in total. The van der Waals surface area contributed by atoms with Crippen LogP contribution < -0.4 is 48.7 Å². The number of carboxylic acid groups (broad SMARTS) is 1. The van der Waals surface area contributed by atoms with Gasteiger partial charge in [-0.05, 0) is 75.2 Å². The van der Waals surface area contributed by atoms with Gasteiger partial charge in [0.05, 0.1) is 12.5 Å². The van der Waals surface area contributed by atoms with Gasteiger partial charge in [0.2, 0.25) is 53.2 Å². The summed E-state index contributed by atoms with van der Waals surface area (Å²) >= 11 is 1.42. The Balaban J connectivity index is 3.14. The lowest BCUT2D eigenvalue weighted by Gasteiger charge is -2.32. The topological polar surface area (TPSA) is 330 Å². The van der Waals surface area contributed by atoms with E-state index in [1.165, 1.54) is 30.5 Å². The Hall–Kier alpha value is -4.99. The number of carbonyl (C=O) groups excluding carboxylic acids is 9. The molecule has 1 saturated heterocycles. The number of carboxylic acids is 1. The van der Waals surface area contributed by atoms with Crippen molar-refractivity contribution in [1.82, 2.24) is 42.1 Å². The highest BCUT2D eigenvalue weighted by molar-refractivity contribution is 7.98. The van der Waals surface area contributed by atoms with Crippen molar-refractivity contribution >= 4 is 70.9 Å². The molecule has 0 aliphatic carbocycles. The molecule has 0 spiro atoms. The molecule has 9 amide bonds. The lowest BCUT2D eigenvalue weighted by atomic mass is 9.99. The summed E-state index contributed by atoms with van der Waals surface area (Å²) < 4.78 is 0. The summed E-state index contributed by atoms with van der Waals surface area (Å²) in [4.78, 5) is 131. The number of rotatable bonds is 26. The Bertz CT molecular complexity index is 1650. The first-order valence-corrected chi connectivity index (χ1v) is 22.8. The molecule has 0 unspecified atom stereocenters. The maximum absolute atomic E-state index is 14.1. The zero-order valence-electron chi connectivity index (χ0n) is 38.5. The molecule has 0 radical (unpaired) electrons. The minimum Gasteiger partial charge on any atom is -0.480 e. The fourth-order valence-corrected chi connectivity index (χ4v) is 7.14. The lowest BCUT2D eigenvalue weighted by Crippen LogP contribution is -2.61. The predicted octanol–water partition coefficient (Wildman–Crippen LogP) is -1.53. The molecule has 9 atom stereocenters. The van der Waals surface area contributed by atoms with Gasteiger partial charge in [0.25, 0.3) is 0 Å².